The Labute approximate surface area is 134 Å². The van der Waals surface area contributed by atoms with E-state index in [0.29, 0.717) is 11.5 Å². The third-order valence-electron chi connectivity index (χ3n) is 5.27. The average Bonchev–Trinajstić information content (AvgIpc) is 2.84. The Morgan fingerprint density at radius 2 is 1.62 bits per heavy atom. The van der Waals surface area contributed by atoms with Gasteiger partial charge in [0.2, 0.25) is 0 Å². The van der Waals surface area contributed by atoms with E-state index in [1.54, 1.807) is 0 Å². The van der Waals surface area contributed by atoms with Gasteiger partial charge < -0.3 is 5.32 Å². The van der Waals surface area contributed by atoms with Crippen molar-refractivity contribution in [3.8, 4) is 0 Å². The van der Waals surface area contributed by atoms with Crippen molar-refractivity contribution in [2.45, 2.75) is 43.6 Å². The second-order valence-corrected chi connectivity index (χ2v) is 7.31. The van der Waals surface area contributed by atoms with Gasteiger partial charge in [-0.15, -0.1) is 0 Å². The molecule has 1 saturated carbocycles. The Morgan fingerprint density at radius 1 is 0.905 bits per heavy atom. The minimum absolute atomic E-state index is 0.294. The predicted octanol–water partition coefficient (Wildman–Crippen LogP) is 5.82. The molecule has 2 aromatic rings. The van der Waals surface area contributed by atoms with Crippen LogP contribution in [0.3, 0.4) is 0 Å². The normalized spacial score (nSPS) is 22.8. The van der Waals surface area contributed by atoms with E-state index in [1.807, 2.05) is 0 Å². The first-order valence-corrected chi connectivity index (χ1v) is 8.70. The molecule has 108 valence electrons. The van der Waals surface area contributed by atoms with E-state index >= 15 is 0 Å². The van der Waals surface area contributed by atoms with Gasteiger partial charge >= 0.3 is 0 Å². The van der Waals surface area contributed by atoms with Crippen molar-refractivity contribution >= 4 is 21.6 Å². The van der Waals surface area contributed by atoms with Crippen molar-refractivity contribution in [2.24, 2.45) is 0 Å². The van der Waals surface area contributed by atoms with Crippen molar-refractivity contribution in [3.05, 3.63) is 64.1 Å². The third-order valence-corrected chi connectivity index (χ3v) is 5.79. The minimum Gasteiger partial charge on any atom is -0.377 e. The van der Waals surface area contributed by atoms with Gasteiger partial charge in [-0.25, -0.2) is 0 Å². The Bertz CT molecular complexity index is 641. The first-order valence-electron chi connectivity index (χ1n) is 7.91. The molecule has 2 aromatic carbocycles. The number of para-hydroxylation sites is 1. The number of hydrogen-bond donors (Lipinski definition) is 1. The lowest BCUT2D eigenvalue weighted by Gasteiger charge is -2.39. The molecule has 21 heavy (non-hydrogen) atoms. The lowest BCUT2D eigenvalue weighted by atomic mass is 9.65. The topological polar surface area (TPSA) is 12.0 Å². The summed E-state index contributed by atoms with van der Waals surface area (Å²) in [5.41, 5.74) is 4.59. The zero-order chi connectivity index (χ0) is 14.3. The number of anilines is 1. The summed E-state index contributed by atoms with van der Waals surface area (Å²) >= 11 is 3.55. The average molecular weight is 342 g/mol. The molecule has 2 aliphatic rings. The molecule has 1 atom stereocenters. The van der Waals surface area contributed by atoms with Gasteiger partial charge in [0.1, 0.15) is 0 Å². The van der Waals surface area contributed by atoms with Crippen LogP contribution in [-0.4, -0.2) is 0 Å². The van der Waals surface area contributed by atoms with Crippen molar-refractivity contribution in [1.29, 1.82) is 0 Å². The van der Waals surface area contributed by atoms with Crippen molar-refractivity contribution in [1.82, 2.24) is 0 Å². The summed E-state index contributed by atoms with van der Waals surface area (Å²) in [4.78, 5) is 0. The fraction of sp³-hybridized carbons (Fsp3) is 0.368. The molecule has 0 amide bonds. The third kappa shape index (κ3) is 2.12. The summed E-state index contributed by atoms with van der Waals surface area (Å²) in [5.74, 6) is 0. The molecule has 0 aromatic heterocycles. The summed E-state index contributed by atoms with van der Waals surface area (Å²) in [5, 5.41) is 3.82. The Morgan fingerprint density at radius 3 is 2.38 bits per heavy atom. The Balaban J connectivity index is 1.82. The maximum absolute atomic E-state index is 3.82. The lowest BCUT2D eigenvalue weighted by molar-refractivity contribution is 0.270. The molecule has 1 aliphatic heterocycles. The number of rotatable bonds is 1. The van der Waals surface area contributed by atoms with E-state index in [1.165, 1.54) is 48.9 Å². The van der Waals surface area contributed by atoms with Gasteiger partial charge in [-0.2, -0.15) is 0 Å². The SMILES string of the molecule is Brc1ccc([C@H]2Nc3ccccc3C23CCCCC3)cc1. The molecule has 0 bridgehead atoms. The molecule has 1 N–H and O–H groups in total. The molecular weight excluding hydrogens is 322 g/mol. The smallest absolute Gasteiger partial charge is 0.0611 e. The van der Waals surface area contributed by atoms with E-state index in [0.717, 1.165) is 4.47 Å². The Hall–Kier alpha value is -1.28. The monoisotopic (exact) mass is 341 g/mol. The summed E-state index contributed by atoms with van der Waals surface area (Å²) in [6, 6.07) is 18.2. The fourth-order valence-electron chi connectivity index (χ4n) is 4.29. The molecule has 1 nitrogen and oxygen atoms in total. The van der Waals surface area contributed by atoms with Crippen LogP contribution in [0.2, 0.25) is 0 Å². The largest absolute Gasteiger partial charge is 0.377 e. The second kappa shape index (κ2) is 5.17. The van der Waals surface area contributed by atoms with Crippen molar-refractivity contribution in [3.63, 3.8) is 0 Å². The van der Waals surface area contributed by atoms with Gasteiger partial charge in [0.15, 0.2) is 0 Å². The van der Waals surface area contributed by atoms with E-state index in [9.17, 15) is 0 Å². The van der Waals surface area contributed by atoms with Crippen LogP contribution in [0.1, 0.15) is 49.3 Å². The van der Waals surface area contributed by atoms with E-state index in [-0.39, 0.29) is 0 Å². The summed E-state index contributed by atoms with van der Waals surface area (Å²) in [6.07, 6.45) is 6.69. The van der Waals surface area contributed by atoms with E-state index in [2.05, 4.69) is 69.8 Å². The summed E-state index contributed by atoms with van der Waals surface area (Å²) in [7, 11) is 0. The molecule has 2 heteroatoms. The predicted molar refractivity (Wildman–Crippen MR) is 91.7 cm³/mol. The number of benzene rings is 2. The fourth-order valence-corrected chi connectivity index (χ4v) is 4.55. The van der Waals surface area contributed by atoms with Crippen LogP contribution in [0.25, 0.3) is 0 Å². The molecule has 0 radical (unpaired) electrons. The van der Waals surface area contributed by atoms with E-state index < -0.39 is 0 Å². The van der Waals surface area contributed by atoms with Gasteiger partial charge in [-0.3, -0.25) is 0 Å². The molecule has 0 unspecified atom stereocenters. The van der Waals surface area contributed by atoms with Crippen LogP contribution in [0.15, 0.2) is 53.0 Å². The number of hydrogen-bond acceptors (Lipinski definition) is 1. The number of halogens is 1. The van der Waals surface area contributed by atoms with Gasteiger partial charge in [-0.05, 0) is 42.2 Å². The number of nitrogens with one attached hydrogen (secondary N) is 1. The molecular formula is C19H20BrN. The van der Waals surface area contributed by atoms with Crippen LogP contribution >= 0.6 is 15.9 Å². The van der Waals surface area contributed by atoms with Gasteiger partial charge in [-0.1, -0.05) is 65.5 Å². The standard InChI is InChI=1S/C19H20BrN/c20-15-10-8-14(9-11-15)18-19(12-4-1-5-13-19)16-6-2-3-7-17(16)21-18/h2-3,6-11,18,21H,1,4-5,12-13H2/t18-/m1/s1. The lowest BCUT2D eigenvalue weighted by Crippen LogP contribution is -2.34. The van der Waals surface area contributed by atoms with Gasteiger partial charge in [0, 0.05) is 15.6 Å². The van der Waals surface area contributed by atoms with Crippen molar-refractivity contribution in [2.75, 3.05) is 5.32 Å². The maximum Gasteiger partial charge on any atom is 0.0611 e. The first-order chi connectivity index (χ1) is 10.3. The minimum atomic E-state index is 0.294. The van der Waals surface area contributed by atoms with Crippen molar-refractivity contribution < 1.29 is 0 Å². The zero-order valence-corrected chi connectivity index (χ0v) is 13.7. The first kappa shape index (κ1) is 13.4. The van der Waals surface area contributed by atoms with E-state index in [4.69, 9.17) is 0 Å². The summed E-state index contributed by atoms with van der Waals surface area (Å²) in [6.45, 7) is 0. The van der Waals surface area contributed by atoms with Crippen LogP contribution in [0, 0.1) is 0 Å². The highest BCUT2D eigenvalue weighted by Gasteiger charge is 2.47. The molecule has 1 aliphatic carbocycles. The second-order valence-electron chi connectivity index (χ2n) is 6.39. The van der Waals surface area contributed by atoms with Gasteiger partial charge in [0.25, 0.3) is 0 Å². The molecule has 1 heterocycles. The van der Waals surface area contributed by atoms with Crippen LogP contribution in [0.5, 0.6) is 0 Å². The molecule has 0 saturated heterocycles. The number of fused-ring (bicyclic) bond motifs is 2. The zero-order valence-electron chi connectivity index (χ0n) is 12.1. The highest BCUT2D eigenvalue weighted by molar-refractivity contribution is 9.10. The maximum atomic E-state index is 3.82. The Kier molecular flexibility index (Phi) is 3.30. The molecule has 1 spiro atoms. The van der Waals surface area contributed by atoms with Crippen LogP contribution < -0.4 is 5.32 Å². The quantitative estimate of drug-likeness (QED) is 0.689. The van der Waals surface area contributed by atoms with Crippen LogP contribution in [0.4, 0.5) is 5.69 Å². The molecule has 4 rings (SSSR count). The summed E-state index contributed by atoms with van der Waals surface area (Å²) < 4.78 is 1.15. The highest BCUT2D eigenvalue weighted by Crippen LogP contribution is 2.55. The molecule has 1 fully saturated rings. The van der Waals surface area contributed by atoms with Gasteiger partial charge in [0.05, 0.1) is 6.04 Å². The highest BCUT2D eigenvalue weighted by atomic mass is 79.9. The van der Waals surface area contributed by atoms with Crippen LogP contribution in [-0.2, 0) is 5.41 Å².